The average Bonchev–Trinajstić information content (AvgIpc) is 2.97. The van der Waals surface area contributed by atoms with E-state index in [0.717, 1.165) is 50.7 Å². The molecule has 2 saturated heterocycles. The van der Waals surface area contributed by atoms with Crippen molar-refractivity contribution in [1.29, 1.82) is 0 Å². The maximum Gasteiger partial charge on any atom is 0.110 e. The topological polar surface area (TPSA) is 51.6 Å². The first kappa shape index (κ1) is 12.2. The molecule has 4 nitrogen and oxygen atoms in total. The van der Waals surface area contributed by atoms with Gasteiger partial charge in [0.1, 0.15) is 11.5 Å². The van der Waals surface area contributed by atoms with Crippen LogP contribution in [0.15, 0.2) is 16.5 Å². The summed E-state index contributed by atoms with van der Waals surface area (Å²) in [6.07, 6.45) is 2.27. The van der Waals surface area contributed by atoms with Crippen LogP contribution in [0.1, 0.15) is 30.3 Å². The van der Waals surface area contributed by atoms with E-state index in [2.05, 4.69) is 11.0 Å². The predicted octanol–water partition coefficient (Wildman–Crippen LogP) is 1.49. The molecule has 1 aromatic rings. The van der Waals surface area contributed by atoms with E-state index in [1.165, 1.54) is 0 Å². The molecule has 4 heteroatoms. The van der Waals surface area contributed by atoms with Gasteiger partial charge in [0.25, 0.3) is 0 Å². The van der Waals surface area contributed by atoms with Gasteiger partial charge < -0.3 is 14.9 Å². The second-order valence-corrected chi connectivity index (χ2v) is 5.52. The Bertz CT molecular complexity index is 398. The maximum atomic E-state index is 6.28. The molecule has 0 saturated carbocycles. The van der Waals surface area contributed by atoms with E-state index in [-0.39, 0.29) is 6.04 Å². The van der Waals surface area contributed by atoms with Crippen molar-refractivity contribution in [2.24, 2.45) is 5.73 Å². The Morgan fingerprint density at radius 3 is 2.67 bits per heavy atom. The molecule has 0 amide bonds. The number of nitrogens with two attached hydrogens (primary N) is 1. The molecule has 3 rings (SSSR count). The minimum atomic E-state index is 0.193. The molecular formula is C14H22N2O2. The van der Waals surface area contributed by atoms with Gasteiger partial charge in [0, 0.05) is 44.3 Å². The van der Waals surface area contributed by atoms with Crippen molar-refractivity contribution in [2.45, 2.75) is 37.8 Å². The highest BCUT2D eigenvalue weighted by Gasteiger charge is 2.36. The van der Waals surface area contributed by atoms with Crippen LogP contribution in [0.2, 0.25) is 0 Å². The van der Waals surface area contributed by atoms with Crippen LogP contribution in [0.3, 0.4) is 0 Å². The zero-order valence-electron chi connectivity index (χ0n) is 11.0. The fourth-order valence-electron chi connectivity index (χ4n) is 3.16. The van der Waals surface area contributed by atoms with Gasteiger partial charge in [-0.15, -0.1) is 0 Å². The van der Waals surface area contributed by atoms with Crippen molar-refractivity contribution in [3.63, 3.8) is 0 Å². The lowest BCUT2D eigenvalue weighted by molar-refractivity contribution is 0.0415. The third-order valence-electron chi connectivity index (χ3n) is 4.23. The van der Waals surface area contributed by atoms with E-state index in [9.17, 15) is 0 Å². The van der Waals surface area contributed by atoms with Gasteiger partial charge in [-0.05, 0) is 31.9 Å². The molecule has 0 aromatic carbocycles. The number of rotatable bonds is 2. The fourth-order valence-corrected chi connectivity index (χ4v) is 3.16. The first-order chi connectivity index (χ1) is 8.74. The number of aryl methyl sites for hydroxylation is 1. The first-order valence-corrected chi connectivity index (χ1v) is 6.88. The molecule has 2 aliphatic rings. The number of ether oxygens (including phenoxy) is 1. The maximum absolute atomic E-state index is 6.28. The first-order valence-electron chi connectivity index (χ1n) is 6.88. The number of furan rings is 1. The number of hydrogen-bond acceptors (Lipinski definition) is 4. The highest BCUT2D eigenvalue weighted by molar-refractivity contribution is 5.16. The fraction of sp³-hybridized carbons (Fsp3) is 0.714. The van der Waals surface area contributed by atoms with Gasteiger partial charge in [-0.1, -0.05) is 0 Å². The summed E-state index contributed by atoms with van der Waals surface area (Å²) in [5, 5.41) is 0. The van der Waals surface area contributed by atoms with Crippen LogP contribution in [0.4, 0.5) is 0 Å². The molecule has 0 radical (unpaired) electrons. The number of nitrogens with zero attached hydrogens (tertiary/aromatic N) is 1. The van der Waals surface area contributed by atoms with E-state index in [1.54, 1.807) is 0 Å². The van der Waals surface area contributed by atoms with Gasteiger partial charge in [0.15, 0.2) is 0 Å². The van der Waals surface area contributed by atoms with Crippen molar-refractivity contribution >= 4 is 0 Å². The van der Waals surface area contributed by atoms with Crippen molar-refractivity contribution in [2.75, 3.05) is 26.3 Å². The Balaban J connectivity index is 1.68. The summed E-state index contributed by atoms with van der Waals surface area (Å²) < 4.78 is 11.2. The average molecular weight is 250 g/mol. The van der Waals surface area contributed by atoms with Crippen molar-refractivity contribution in [3.05, 3.63) is 23.7 Å². The zero-order valence-corrected chi connectivity index (χ0v) is 11.0. The molecule has 0 unspecified atom stereocenters. The lowest BCUT2D eigenvalue weighted by Crippen LogP contribution is -2.39. The smallest absolute Gasteiger partial charge is 0.110 e. The van der Waals surface area contributed by atoms with Gasteiger partial charge in [-0.25, -0.2) is 0 Å². The summed E-state index contributed by atoms with van der Waals surface area (Å²) in [4.78, 5) is 2.52. The summed E-state index contributed by atoms with van der Waals surface area (Å²) in [6, 6.07) is 4.94. The minimum absolute atomic E-state index is 0.193. The van der Waals surface area contributed by atoms with E-state index < -0.39 is 0 Å². The zero-order chi connectivity index (χ0) is 12.5. The van der Waals surface area contributed by atoms with E-state index >= 15 is 0 Å². The summed E-state index contributed by atoms with van der Waals surface area (Å²) in [7, 11) is 0. The quantitative estimate of drug-likeness (QED) is 0.864. The monoisotopic (exact) mass is 250 g/mol. The predicted molar refractivity (Wildman–Crippen MR) is 69.6 cm³/mol. The molecular weight excluding hydrogens is 228 g/mol. The Kier molecular flexibility index (Phi) is 3.41. The van der Waals surface area contributed by atoms with Crippen LogP contribution in [-0.2, 0) is 4.74 Å². The van der Waals surface area contributed by atoms with Crippen LogP contribution < -0.4 is 5.73 Å². The van der Waals surface area contributed by atoms with Crippen LogP contribution >= 0.6 is 0 Å². The summed E-state index contributed by atoms with van der Waals surface area (Å²) in [5.74, 6) is 2.37. The Morgan fingerprint density at radius 2 is 2.00 bits per heavy atom. The lowest BCUT2D eigenvalue weighted by atomic mass is 10.0. The van der Waals surface area contributed by atoms with Crippen LogP contribution in [0, 0.1) is 6.92 Å². The molecule has 1 aromatic heterocycles. The third-order valence-corrected chi connectivity index (χ3v) is 4.23. The molecule has 18 heavy (non-hydrogen) atoms. The standard InChI is InChI=1S/C14H22N2O2/c1-10-2-3-14(18-10)12-8-16(9-13(12)15)11-4-6-17-7-5-11/h2-3,11-13H,4-9,15H2,1H3/t12-,13-/m0/s1. The molecule has 2 fully saturated rings. The molecule has 100 valence electrons. The third kappa shape index (κ3) is 2.32. The second kappa shape index (κ2) is 5.03. The van der Waals surface area contributed by atoms with E-state index in [1.807, 2.05) is 13.0 Å². The molecule has 2 aliphatic heterocycles. The Hall–Kier alpha value is -0.840. The molecule has 3 heterocycles. The minimum Gasteiger partial charge on any atom is -0.466 e. The van der Waals surface area contributed by atoms with Gasteiger partial charge in [0.05, 0.1) is 0 Å². The van der Waals surface area contributed by atoms with E-state index in [4.69, 9.17) is 14.9 Å². The molecule has 2 N–H and O–H groups in total. The van der Waals surface area contributed by atoms with Gasteiger partial charge in [-0.2, -0.15) is 0 Å². The number of likely N-dealkylation sites (tertiary alicyclic amines) is 1. The second-order valence-electron chi connectivity index (χ2n) is 5.52. The molecule has 0 bridgehead atoms. The Morgan fingerprint density at radius 1 is 1.22 bits per heavy atom. The summed E-state index contributed by atoms with van der Waals surface area (Å²) in [5.41, 5.74) is 6.28. The van der Waals surface area contributed by atoms with Crippen molar-refractivity contribution in [3.8, 4) is 0 Å². The number of hydrogen-bond donors (Lipinski definition) is 1. The summed E-state index contributed by atoms with van der Waals surface area (Å²) in [6.45, 7) is 5.77. The molecule has 2 atom stereocenters. The van der Waals surface area contributed by atoms with Crippen molar-refractivity contribution in [1.82, 2.24) is 4.90 Å². The Labute approximate surface area is 108 Å². The highest BCUT2D eigenvalue weighted by atomic mass is 16.5. The summed E-state index contributed by atoms with van der Waals surface area (Å²) >= 11 is 0. The largest absolute Gasteiger partial charge is 0.466 e. The van der Waals surface area contributed by atoms with Crippen LogP contribution in [-0.4, -0.2) is 43.3 Å². The normalized spacial score (nSPS) is 31.0. The van der Waals surface area contributed by atoms with E-state index in [0.29, 0.717) is 12.0 Å². The molecule has 0 aliphatic carbocycles. The van der Waals surface area contributed by atoms with Gasteiger partial charge in [-0.3, -0.25) is 4.90 Å². The van der Waals surface area contributed by atoms with Gasteiger partial charge in [0.2, 0.25) is 0 Å². The lowest BCUT2D eigenvalue weighted by Gasteiger charge is -2.30. The van der Waals surface area contributed by atoms with Gasteiger partial charge >= 0.3 is 0 Å². The van der Waals surface area contributed by atoms with Crippen LogP contribution in [0.25, 0.3) is 0 Å². The SMILES string of the molecule is Cc1ccc([C@H]2CN(C3CCOCC3)C[C@@H]2N)o1. The highest BCUT2D eigenvalue weighted by Crippen LogP contribution is 2.30. The van der Waals surface area contributed by atoms with Crippen molar-refractivity contribution < 1.29 is 9.15 Å². The van der Waals surface area contributed by atoms with Crippen LogP contribution in [0.5, 0.6) is 0 Å². The molecule has 0 spiro atoms.